The summed E-state index contributed by atoms with van der Waals surface area (Å²) in [7, 11) is 1.38. The Hall–Kier alpha value is -3.07. The molecule has 1 amide bonds. The van der Waals surface area contributed by atoms with Crippen molar-refractivity contribution < 1.29 is 23.0 Å². The summed E-state index contributed by atoms with van der Waals surface area (Å²) in [5, 5.41) is 3.56. The molecule has 0 aliphatic rings. The van der Waals surface area contributed by atoms with Gasteiger partial charge in [0.2, 0.25) is 0 Å². The molecule has 3 aromatic rings. The first kappa shape index (κ1) is 21.6. The molecule has 1 aromatic heterocycles. The highest BCUT2D eigenvalue weighted by Crippen LogP contribution is 2.29. The van der Waals surface area contributed by atoms with Gasteiger partial charge >= 0.3 is 6.61 Å². The van der Waals surface area contributed by atoms with Gasteiger partial charge in [-0.1, -0.05) is 36.0 Å². The molecule has 0 radical (unpaired) electrons. The molecule has 9 heteroatoms. The van der Waals surface area contributed by atoms with E-state index in [2.05, 4.69) is 15.0 Å². The lowest BCUT2D eigenvalue weighted by Gasteiger charge is -2.13. The smallest absolute Gasteiger partial charge is 0.387 e. The average Bonchev–Trinajstić information content (AvgIpc) is 3.18. The van der Waals surface area contributed by atoms with E-state index in [4.69, 9.17) is 4.74 Å². The fraction of sp³-hybridized carbons (Fsp3) is 0.238. The van der Waals surface area contributed by atoms with Crippen molar-refractivity contribution in [2.24, 2.45) is 0 Å². The summed E-state index contributed by atoms with van der Waals surface area (Å²) >= 11 is 1.44. The van der Waals surface area contributed by atoms with Crippen molar-refractivity contribution in [2.45, 2.75) is 18.2 Å². The number of aromatic nitrogens is 2. The number of alkyl halides is 2. The topological polar surface area (TPSA) is 65.4 Å². The third kappa shape index (κ3) is 5.10. The van der Waals surface area contributed by atoms with Crippen LogP contribution in [0.3, 0.4) is 0 Å². The lowest BCUT2D eigenvalue weighted by Crippen LogP contribution is -2.27. The number of imidazole rings is 1. The molecule has 1 heterocycles. The normalized spacial score (nSPS) is 10.8. The molecule has 0 atom stereocenters. The summed E-state index contributed by atoms with van der Waals surface area (Å²) in [4.78, 5) is 17.1. The van der Waals surface area contributed by atoms with Crippen LogP contribution in [0, 0.1) is 0 Å². The molecule has 158 valence electrons. The second kappa shape index (κ2) is 10.1. The van der Waals surface area contributed by atoms with E-state index in [-0.39, 0.29) is 17.4 Å². The highest BCUT2D eigenvalue weighted by atomic mass is 32.2. The molecule has 30 heavy (non-hydrogen) atoms. The van der Waals surface area contributed by atoms with Crippen LogP contribution in [-0.2, 0) is 6.42 Å². The van der Waals surface area contributed by atoms with E-state index in [9.17, 15) is 13.6 Å². The highest BCUT2D eigenvalue weighted by molar-refractivity contribution is 7.98. The molecule has 0 spiro atoms. The van der Waals surface area contributed by atoms with Crippen LogP contribution in [0.4, 0.5) is 8.78 Å². The minimum absolute atomic E-state index is 0.0388. The number of benzene rings is 2. The molecule has 0 aliphatic carbocycles. The van der Waals surface area contributed by atoms with Crippen LogP contribution < -0.4 is 14.8 Å². The fourth-order valence-corrected chi connectivity index (χ4v) is 3.49. The van der Waals surface area contributed by atoms with Gasteiger partial charge in [0.1, 0.15) is 5.69 Å². The Morgan fingerprint density at radius 1 is 1.20 bits per heavy atom. The number of nitrogens with one attached hydrogen (secondary N) is 1. The third-order valence-electron chi connectivity index (χ3n) is 4.30. The number of carbonyl (C=O) groups excluding carboxylic acids is 1. The molecule has 1 N–H and O–H groups in total. The van der Waals surface area contributed by atoms with Crippen LogP contribution in [0.5, 0.6) is 11.5 Å². The zero-order valence-electron chi connectivity index (χ0n) is 16.5. The van der Waals surface area contributed by atoms with Gasteiger partial charge in [-0.2, -0.15) is 8.78 Å². The number of nitrogens with zero attached hydrogens (tertiary/aromatic N) is 2. The SMILES string of the molecule is COc1ccc(CCNC(=O)c2cnc(SC)n2-c2ccccc2)cc1OC(F)F. The Balaban J connectivity index is 1.69. The monoisotopic (exact) mass is 433 g/mol. The Kier molecular flexibility index (Phi) is 7.29. The van der Waals surface area contributed by atoms with Gasteiger partial charge in [0.15, 0.2) is 16.7 Å². The number of ether oxygens (including phenoxy) is 2. The van der Waals surface area contributed by atoms with Gasteiger partial charge in [0, 0.05) is 12.2 Å². The van der Waals surface area contributed by atoms with Crippen molar-refractivity contribution >= 4 is 17.7 Å². The van der Waals surface area contributed by atoms with Gasteiger partial charge in [0.05, 0.1) is 13.3 Å². The van der Waals surface area contributed by atoms with Gasteiger partial charge in [-0.25, -0.2) is 4.98 Å². The third-order valence-corrected chi connectivity index (χ3v) is 4.96. The highest BCUT2D eigenvalue weighted by Gasteiger charge is 2.17. The van der Waals surface area contributed by atoms with Crippen LogP contribution in [0.25, 0.3) is 5.69 Å². The molecule has 0 fully saturated rings. The summed E-state index contributed by atoms with van der Waals surface area (Å²) in [6, 6.07) is 14.3. The zero-order chi connectivity index (χ0) is 21.5. The first-order chi connectivity index (χ1) is 14.5. The quantitative estimate of drug-likeness (QED) is 0.513. The van der Waals surface area contributed by atoms with Gasteiger partial charge in [-0.3, -0.25) is 9.36 Å². The van der Waals surface area contributed by atoms with Crippen LogP contribution in [-0.4, -0.2) is 42.0 Å². The average molecular weight is 433 g/mol. The molecule has 0 unspecified atom stereocenters. The van der Waals surface area contributed by atoms with Crippen molar-refractivity contribution in [2.75, 3.05) is 19.9 Å². The second-order valence-corrected chi connectivity index (χ2v) is 6.94. The number of hydrogen-bond acceptors (Lipinski definition) is 5. The van der Waals surface area contributed by atoms with Gasteiger partial charge < -0.3 is 14.8 Å². The fourth-order valence-electron chi connectivity index (χ4n) is 2.94. The summed E-state index contributed by atoms with van der Waals surface area (Å²) in [6.45, 7) is -2.63. The minimum Gasteiger partial charge on any atom is -0.493 e. The second-order valence-electron chi connectivity index (χ2n) is 6.17. The Labute approximate surface area is 177 Å². The summed E-state index contributed by atoms with van der Waals surface area (Å²) in [5.74, 6) is -0.0910. The first-order valence-electron chi connectivity index (χ1n) is 9.10. The summed E-state index contributed by atoms with van der Waals surface area (Å²) in [6.07, 6.45) is 3.87. The molecule has 6 nitrogen and oxygen atoms in total. The largest absolute Gasteiger partial charge is 0.493 e. The van der Waals surface area contributed by atoms with Crippen molar-refractivity contribution in [1.82, 2.24) is 14.9 Å². The molecule has 3 rings (SSSR count). The predicted octanol–water partition coefficient (Wildman–Crippen LogP) is 4.18. The molecule has 0 saturated heterocycles. The van der Waals surface area contributed by atoms with E-state index >= 15 is 0 Å². The molecular formula is C21H21F2N3O3S. The van der Waals surface area contributed by atoms with Crippen molar-refractivity contribution in [1.29, 1.82) is 0 Å². The predicted molar refractivity (Wildman–Crippen MR) is 111 cm³/mol. The number of carbonyl (C=O) groups is 1. The number of hydrogen-bond donors (Lipinski definition) is 1. The lowest BCUT2D eigenvalue weighted by molar-refractivity contribution is -0.0512. The maximum atomic E-state index is 12.7. The summed E-state index contributed by atoms with van der Waals surface area (Å²) in [5.41, 5.74) is 1.99. The van der Waals surface area contributed by atoms with E-state index in [1.165, 1.54) is 31.1 Å². The van der Waals surface area contributed by atoms with Crippen molar-refractivity contribution in [3.8, 4) is 17.2 Å². The maximum absolute atomic E-state index is 12.7. The van der Waals surface area contributed by atoms with E-state index in [0.29, 0.717) is 23.8 Å². The van der Waals surface area contributed by atoms with Gasteiger partial charge in [-0.05, 0) is 42.5 Å². The van der Waals surface area contributed by atoms with Crippen molar-refractivity contribution in [3.05, 3.63) is 66.0 Å². The Morgan fingerprint density at radius 3 is 2.63 bits per heavy atom. The van der Waals surface area contributed by atoms with E-state index in [1.807, 2.05) is 36.6 Å². The number of amides is 1. The van der Waals surface area contributed by atoms with E-state index < -0.39 is 6.61 Å². The van der Waals surface area contributed by atoms with Crippen LogP contribution >= 0.6 is 11.8 Å². The maximum Gasteiger partial charge on any atom is 0.387 e. The van der Waals surface area contributed by atoms with Gasteiger partial charge in [-0.15, -0.1) is 0 Å². The number of para-hydroxylation sites is 1. The van der Waals surface area contributed by atoms with Crippen molar-refractivity contribution in [3.63, 3.8) is 0 Å². The number of rotatable bonds is 9. The minimum atomic E-state index is -2.95. The van der Waals surface area contributed by atoms with Crippen LogP contribution in [0.1, 0.15) is 16.1 Å². The zero-order valence-corrected chi connectivity index (χ0v) is 17.3. The number of thioether (sulfide) groups is 1. The van der Waals surface area contributed by atoms with Gasteiger partial charge in [0.25, 0.3) is 5.91 Å². The first-order valence-corrected chi connectivity index (χ1v) is 10.3. The standard InChI is InChI=1S/C21H21F2N3O3S/c1-28-17-9-8-14(12-18(17)29-20(22)23)10-11-24-19(27)16-13-25-21(30-2)26(16)15-6-4-3-5-7-15/h3-9,12-13,20H,10-11H2,1-2H3,(H,24,27). The number of halogens is 2. The summed E-state index contributed by atoms with van der Waals surface area (Å²) < 4.78 is 36.5. The molecule has 2 aromatic carbocycles. The Morgan fingerprint density at radius 2 is 1.97 bits per heavy atom. The van der Waals surface area contributed by atoms with E-state index in [1.54, 1.807) is 16.7 Å². The Bertz CT molecular complexity index is 996. The lowest BCUT2D eigenvalue weighted by atomic mass is 10.1. The van der Waals surface area contributed by atoms with Crippen LogP contribution in [0.2, 0.25) is 0 Å². The molecule has 0 aliphatic heterocycles. The van der Waals surface area contributed by atoms with E-state index in [0.717, 1.165) is 11.3 Å². The number of methoxy groups -OCH3 is 1. The molecule has 0 saturated carbocycles. The molecular weight excluding hydrogens is 412 g/mol. The van der Waals surface area contributed by atoms with Crippen LogP contribution in [0.15, 0.2) is 59.9 Å². The molecule has 0 bridgehead atoms.